The summed E-state index contributed by atoms with van der Waals surface area (Å²) in [6.45, 7) is 9.16. The number of anilines is 1. The quantitative estimate of drug-likeness (QED) is 0.546. The lowest BCUT2D eigenvalue weighted by Gasteiger charge is -2.43. The van der Waals surface area contributed by atoms with Gasteiger partial charge in [0, 0.05) is 48.5 Å². The van der Waals surface area contributed by atoms with Crippen LogP contribution in [0.25, 0.3) is 11.4 Å². The number of amides is 2. The largest absolute Gasteiger partial charge is 0.324 e. The van der Waals surface area contributed by atoms with Crippen molar-refractivity contribution < 1.29 is 18.0 Å². The molecule has 1 aliphatic heterocycles. The van der Waals surface area contributed by atoms with Gasteiger partial charge in [-0.2, -0.15) is 5.10 Å². The third-order valence-electron chi connectivity index (χ3n) is 6.15. The number of para-hydroxylation sites is 1. The number of carbonyl (C=O) groups excluding carboxylic acids is 1. The fraction of sp³-hybridized carbons (Fsp3) is 0.400. The Hall–Kier alpha value is -3.40. The molecule has 2 aromatic carbocycles. The first-order valence-electron chi connectivity index (χ1n) is 11.5. The van der Waals surface area contributed by atoms with Crippen LogP contribution >= 0.6 is 0 Å². The molecule has 35 heavy (non-hydrogen) atoms. The molecule has 3 aromatic rings. The number of benzene rings is 2. The number of halogens is 3. The van der Waals surface area contributed by atoms with E-state index in [0.29, 0.717) is 24.3 Å². The zero-order valence-corrected chi connectivity index (χ0v) is 20.0. The van der Waals surface area contributed by atoms with Crippen molar-refractivity contribution in [1.82, 2.24) is 25.0 Å². The van der Waals surface area contributed by atoms with Crippen molar-refractivity contribution in [1.29, 1.82) is 0 Å². The maximum atomic E-state index is 15.1. The minimum Gasteiger partial charge on any atom is -0.322 e. The van der Waals surface area contributed by atoms with Crippen molar-refractivity contribution in [3.05, 3.63) is 65.7 Å². The van der Waals surface area contributed by atoms with E-state index in [-0.39, 0.29) is 29.5 Å². The van der Waals surface area contributed by atoms with Gasteiger partial charge in [0.15, 0.2) is 11.6 Å². The molecule has 2 amide bonds. The van der Waals surface area contributed by atoms with E-state index in [0.717, 1.165) is 13.1 Å². The van der Waals surface area contributed by atoms with E-state index in [4.69, 9.17) is 0 Å². The molecule has 1 N–H and O–H groups in total. The van der Waals surface area contributed by atoms with Crippen LogP contribution < -0.4 is 4.90 Å². The molecule has 1 saturated heterocycles. The molecule has 1 fully saturated rings. The summed E-state index contributed by atoms with van der Waals surface area (Å²) in [5.41, 5.74) is 1.25. The molecule has 7 nitrogen and oxygen atoms in total. The first-order valence-corrected chi connectivity index (χ1v) is 11.5. The van der Waals surface area contributed by atoms with Gasteiger partial charge in [-0.15, -0.1) is 0 Å². The number of H-pyrrole nitrogens is 1. The molecule has 0 bridgehead atoms. The van der Waals surface area contributed by atoms with E-state index in [1.165, 1.54) is 12.1 Å². The molecule has 2 heterocycles. The van der Waals surface area contributed by atoms with Gasteiger partial charge in [-0.25, -0.2) is 22.9 Å². The highest BCUT2D eigenvalue weighted by Crippen LogP contribution is 2.25. The summed E-state index contributed by atoms with van der Waals surface area (Å²) in [6, 6.07) is 13.2. The standard InChI is InChI=1S/C25H29F3N6O/c1-25(2,3)33-13-11-32(12-14-33)24(35)34(19-7-5-4-6-8-19)16-18-10-9-17(15-20(18)26)22-29-23(21(27)28)31-30-22/h4-10,15,21H,11-14,16H2,1-3H3,(H,29,30,31). The number of urea groups is 1. The lowest BCUT2D eigenvalue weighted by Crippen LogP contribution is -2.57. The van der Waals surface area contributed by atoms with Crippen molar-refractivity contribution >= 4 is 11.7 Å². The molecular formula is C25H29F3N6O. The lowest BCUT2D eigenvalue weighted by molar-refractivity contribution is 0.0758. The van der Waals surface area contributed by atoms with Gasteiger partial charge >= 0.3 is 6.03 Å². The predicted octanol–water partition coefficient (Wildman–Crippen LogP) is 5.09. The Morgan fingerprint density at radius 2 is 1.77 bits per heavy atom. The van der Waals surface area contributed by atoms with Gasteiger partial charge < -0.3 is 4.90 Å². The summed E-state index contributed by atoms with van der Waals surface area (Å²) in [4.78, 5) is 22.9. The normalized spacial score (nSPS) is 15.0. The molecule has 0 unspecified atom stereocenters. The van der Waals surface area contributed by atoms with Crippen LogP contribution in [0.1, 0.15) is 38.6 Å². The van der Waals surface area contributed by atoms with Gasteiger partial charge in [0.2, 0.25) is 0 Å². The van der Waals surface area contributed by atoms with Gasteiger partial charge in [0.1, 0.15) is 5.82 Å². The smallest absolute Gasteiger partial charge is 0.322 e. The Kier molecular flexibility index (Phi) is 7.11. The first kappa shape index (κ1) is 24.7. The summed E-state index contributed by atoms with van der Waals surface area (Å²) in [5, 5.41) is 5.90. The van der Waals surface area contributed by atoms with Gasteiger partial charge in [-0.1, -0.05) is 30.3 Å². The summed E-state index contributed by atoms with van der Waals surface area (Å²) >= 11 is 0. The molecule has 1 aromatic heterocycles. The number of nitrogens with zero attached hydrogens (tertiary/aromatic N) is 5. The third kappa shape index (κ3) is 5.64. The average Bonchev–Trinajstić information content (AvgIpc) is 3.34. The van der Waals surface area contributed by atoms with Gasteiger partial charge in [0.25, 0.3) is 6.43 Å². The van der Waals surface area contributed by atoms with E-state index >= 15 is 4.39 Å². The van der Waals surface area contributed by atoms with Crippen molar-refractivity contribution in [2.24, 2.45) is 0 Å². The van der Waals surface area contributed by atoms with Crippen molar-refractivity contribution in [2.75, 3.05) is 31.1 Å². The number of hydrogen-bond donors (Lipinski definition) is 1. The number of aromatic nitrogens is 3. The summed E-state index contributed by atoms with van der Waals surface area (Å²) < 4.78 is 40.7. The van der Waals surface area contributed by atoms with Crippen molar-refractivity contribution in [3.63, 3.8) is 0 Å². The molecule has 0 atom stereocenters. The van der Waals surface area contributed by atoms with Crippen molar-refractivity contribution in [2.45, 2.75) is 39.3 Å². The molecule has 0 saturated carbocycles. The van der Waals surface area contributed by atoms with E-state index in [9.17, 15) is 13.6 Å². The molecule has 4 rings (SSSR count). The molecule has 0 spiro atoms. The Bertz CT molecular complexity index is 1150. The Balaban J connectivity index is 1.55. The van der Waals surface area contributed by atoms with E-state index < -0.39 is 18.1 Å². The van der Waals surface area contributed by atoms with Crippen LogP contribution in [-0.2, 0) is 6.54 Å². The summed E-state index contributed by atoms with van der Waals surface area (Å²) in [7, 11) is 0. The predicted molar refractivity (Wildman–Crippen MR) is 128 cm³/mol. The van der Waals surface area contributed by atoms with Gasteiger partial charge in [-0.05, 0) is 39.0 Å². The maximum Gasteiger partial charge on any atom is 0.324 e. The topological polar surface area (TPSA) is 68.4 Å². The number of hydrogen-bond acceptors (Lipinski definition) is 4. The van der Waals surface area contributed by atoms with Crippen LogP contribution in [0.4, 0.5) is 23.7 Å². The summed E-state index contributed by atoms with van der Waals surface area (Å²) in [6.07, 6.45) is -2.80. The van der Waals surface area contributed by atoms with Crippen LogP contribution in [0.5, 0.6) is 0 Å². The Labute approximate surface area is 202 Å². The zero-order chi connectivity index (χ0) is 25.2. The number of piperazine rings is 1. The lowest BCUT2D eigenvalue weighted by atomic mass is 10.1. The summed E-state index contributed by atoms with van der Waals surface area (Å²) in [5.74, 6) is -1.16. The number of nitrogens with one attached hydrogen (secondary N) is 1. The van der Waals surface area contributed by atoms with E-state index in [1.807, 2.05) is 30.3 Å². The maximum absolute atomic E-state index is 15.1. The highest BCUT2D eigenvalue weighted by atomic mass is 19.3. The van der Waals surface area contributed by atoms with Crippen LogP contribution in [-0.4, -0.2) is 62.7 Å². The molecule has 10 heteroatoms. The second kappa shape index (κ2) is 10.1. The fourth-order valence-electron chi connectivity index (χ4n) is 4.10. The number of aromatic amines is 1. The third-order valence-corrected chi connectivity index (χ3v) is 6.15. The Morgan fingerprint density at radius 3 is 2.34 bits per heavy atom. The number of rotatable bonds is 5. The van der Waals surface area contributed by atoms with Crippen LogP contribution in [0, 0.1) is 5.82 Å². The van der Waals surface area contributed by atoms with E-state index in [2.05, 4.69) is 40.9 Å². The van der Waals surface area contributed by atoms with E-state index in [1.54, 1.807) is 15.9 Å². The molecule has 1 aliphatic rings. The second-order valence-electron chi connectivity index (χ2n) is 9.50. The van der Waals surface area contributed by atoms with Gasteiger partial charge in [0.05, 0.1) is 6.54 Å². The molecular weight excluding hydrogens is 457 g/mol. The zero-order valence-electron chi connectivity index (χ0n) is 20.0. The average molecular weight is 487 g/mol. The minimum absolute atomic E-state index is 0.0153. The first-order chi connectivity index (χ1) is 16.6. The SMILES string of the molecule is CC(C)(C)N1CCN(C(=O)N(Cc2ccc(-c3n[nH]c(C(F)F)n3)cc2F)c2ccccc2)CC1. The Morgan fingerprint density at radius 1 is 1.09 bits per heavy atom. The van der Waals surface area contributed by atoms with Crippen LogP contribution in [0.2, 0.25) is 0 Å². The highest BCUT2D eigenvalue weighted by molar-refractivity contribution is 5.92. The monoisotopic (exact) mass is 486 g/mol. The second-order valence-corrected chi connectivity index (χ2v) is 9.50. The molecule has 186 valence electrons. The molecule has 0 aliphatic carbocycles. The fourth-order valence-corrected chi connectivity index (χ4v) is 4.10. The van der Waals surface area contributed by atoms with Crippen LogP contribution in [0.3, 0.4) is 0 Å². The van der Waals surface area contributed by atoms with Crippen molar-refractivity contribution in [3.8, 4) is 11.4 Å². The van der Waals surface area contributed by atoms with Gasteiger partial charge in [-0.3, -0.25) is 14.9 Å². The number of alkyl halides is 2. The molecule has 0 radical (unpaired) electrons. The van der Waals surface area contributed by atoms with Crippen LogP contribution in [0.15, 0.2) is 48.5 Å². The number of carbonyl (C=O) groups is 1. The highest BCUT2D eigenvalue weighted by Gasteiger charge is 2.30. The minimum atomic E-state index is -2.80.